The number of rotatable bonds is 5. The van der Waals surface area contributed by atoms with Crippen molar-refractivity contribution < 1.29 is 13.9 Å². The average Bonchev–Trinajstić information content (AvgIpc) is 3.47. The van der Waals surface area contributed by atoms with Crippen LogP contribution in [-0.2, 0) is 11.8 Å². The van der Waals surface area contributed by atoms with Gasteiger partial charge in [-0.2, -0.15) is 10.2 Å². The summed E-state index contributed by atoms with van der Waals surface area (Å²) in [5, 5.41) is 25.0. The third-order valence-corrected chi connectivity index (χ3v) is 7.78. The molecular formula is C25H23F2N7O. The lowest BCUT2D eigenvalue weighted by molar-refractivity contribution is 0.242. The van der Waals surface area contributed by atoms with Gasteiger partial charge < -0.3 is 5.11 Å². The van der Waals surface area contributed by atoms with Crippen LogP contribution in [0.4, 0.5) is 8.78 Å². The number of hydrogen-bond acceptors (Lipinski definition) is 7. The Kier molecular flexibility index (Phi) is 4.79. The molecule has 1 saturated carbocycles. The molecule has 0 aliphatic heterocycles. The van der Waals surface area contributed by atoms with E-state index in [4.69, 9.17) is 10.1 Å². The molecule has 4 aromatic rings. The van der Waals surface area contributed by atoms with Crippen LogP contribution in [0.15, 0.2) is 36.7 Å². The molecule has 6 rings (SSSR count). The van der Waals surface area contributed by atoms with Crippen molar-refractivity contribution in [1.29, 1.82) is 0 Å². The lowest BCUT2D eigenvalue weighted by Gasteiger charge is -2.37. The first-order valence-corrected chi connectivity index (χ1v) is 11.5. The Balaban J connectivity index is 1.48. The van der Waals surface area contributed by atoms with Gasteiger partial charge in [-0.3, -0.25) is 10.1 Å². The monoisotopic (exact) mass is 475 g/mol. The second-order valence-electron chi connectivity index (χ2n) is 9.72. The van der Waals surface area contributed by atoms with Gasteiger partial charge in [-0.15, -0.1) is 5.10 Å². The minimum atomic E-state index is -0.665. The van der Waals surface area contributed by atoms with E-state index in [2.05, 4.69) is 44.2 Å². The van der Waals surface area contributed by atoms with Gasteiger partial charge in [0.25, 0.3) is 0 Å². The van der Waals surface area contributed by atoms with Crippen LogP contribution < -0.4 is 0 Å². The number of aromatic nitrogens is 7. The summed E-state index contributed by atoms with van der Waals surface area (Å²) in [5.74, 6) is -0.226. The molecule has 2 aliphatic rings. The SMILES string of the molecule is CC1(C)[C@H]2CC[C@]1(c1cncc(-c3n[nH]c(CCO)n3)n1)c1nnc(-c3c(F)cccc3F)cc12. The molecule has 0 saturated heterocycles. The second kappa shape index (κ2) is 7.67. The Bertz CT molecular complexity index is 1430. The first kappa shape index (κ1) is 21.8. The van der Waals surface area contributed by atoms with Gasteiger partial charge in [0, 0.05) is 12.6 Å². The van der Waals surface area contributed by atoms with Crippen LogP contribution >= 0.6 is 0 Å². The molecule has 2 atom stereocenters. The van der Waals surface area contributed by atoms with Crippen molar-refractivity contribution in [3.8, 4) is 22.8 Å². The number of aromatic amines is 1. The maximum atomic E-state index is 14.5. The number of halogens is 2. The van der Waals surface area contributed by atoms with Gasteiger partial charge in [-0.1, -0.05) is 19.9 Å². The maximum Gasteiger partial charge on any atom is 0.201 e. The van der Waals surface area contributed by atoms with E-state index in [0.717, 1.165) is 29.8 Å². The van der Waals surface area contributed by atoms with E-state index in [9.17, 15) is 8.78 Å². The first-order chi connectivity index (χ1) is 16.9. The van der Waals surface area contributed by atoms with Gasteiger partial charge in [-0.05, 0) is 47.9 Å². The number of nitrogens with zero attached hydrogens (tertiary/aromatic N) is 6. The molecule has 0 radical (unpaired) electrons. The summed E-state index contributed by atoms with van der Waals surface area (Å²) >= 11 is 0. The number of benzene rings is 1. The zero-order valence-corrected chi connectivity index (χ0v) is 19.3. The zero-order chi connectivity index (χ0) is 24.4. The number of H-pyrrole nitrogens is 1. The number of hydrogen-bond donors (Lipinski definition) is 2. The summed E-state index contributed by atoms with van der Waals surface area (Å²) in [6.45, 7) is 4.32. The van der Waals surface area contributed by atoms with E-state index in [1.165, 1.54) is 18.2 Å². The minimum absolute atomic E-state index is 0.0345. The molecule has 0 unspecified atom stereocenters. The standard InChI is InChI=1S/C25H23F2N7O/c1-24(2)14-6-8-25(24,19-12-28-11-18(29-19)23-30-20(7-9-35)32-34-23)22-13(14)10-17(31-33-22)21-15(26)4-3-5-16(21)27/h3-5,10-12,14,35H,6-9H2,1-2H3,(H,30,32,34)/t14-,25-/m0/s1. The third-order valence-electron chi connectivity index (χ3n) is 7.78. The fraction of sp³-hybridized carbons (Fsp3) is 0.360. The fourth-order valence-corrected chi connectivity index (χ4v) is 6.06. The molecule has 3 aromatic heterocycles. The Labute approximate surface area is 199 Å². The fourth-order valence-electron chi connectivity index (χ4n) is 6.06. The molecule has 178 valence electrons. The van der Waals surface area contributed by atoms with Crippen molar-refractivity contribution in [2.24, 2.45) is 5.41 Å². The van der Waals surface area contributed by atoms with Crippen molar-refractivity contribution >= 4 is 0 Å². The van der Waals surface area contributed by atoms with E-state index < -0.39 is 17.0 Å². The van der Waals surface area contributed by atoms with E-state index >= 15 is 0 Å². The molecule has 35 heavy (non-hydrogen) atoms. The Hall–Kier alpha value is -3.66. The molecule has 1 aromatic carbocycles. The molecule has 2 aliphatic carbocycles. The molecule has 0 spiro atoms. The van der Waals surface area contributed by atoms with Crippen molar-refractivity contribution in [1.82, 2.24) is 35.3 Å². The van der Waals surface area contributed by atoms with E-state index in [1.807, 2.05) is 0 Å². The lowest BCUT2D eigenvalue weighted by atomic mass is 9.66. The summed E-state index contributed by atoms with van der Waals surface area (Å²) in [6, 6.07) is 5.56. The highest BCUT2D eigenvalue weighted by Gasteiger charge is 2.65. The normalized spacial score (nSPS) is 21.9. The second-order valence-corrected chi connectivity index (χ2v) is 9.72. The topological polar surface area (TPSA) is 113 Å². The Morgan fingerprint density at radius 2 is 1.89 bits per heavy atom. The Morgan fingerprint density at radius 1 is 1.09 bits per heavy atom. The van der Waals surface area contributed by atoms with Crippen LogP contribution in [0.5, 0.6) is 0 Å². The highest BCUT2D eigenvalue weighted by atomic mass is 19.1. The maximum absolute atomic E-state index is 14.5. The van der Waals surface area contributed by atoms with Crippen LogP contribution in [0, 0.1) is 17.0 Å². The van der Waals surface area contributed by atoms with Gasteiger partial charge in [0.2, 0.25) is 5.82 Å². The number of aliphatic hydroxyl groups excluding tert-OH is 1. The van der Waals surface area contributed by atoms with Crippen molar-refractivity contribution in [2.75, 3.05) is 6.61 Å². The summed E-state index contributed by atoms with van der Waals surface area (Å²) in [6.07, 6.45) is 5.42. The highest BCUT2D eigenvalue weighted by molar-refractivity contribution is 5.64. The summed E-state index contributed by atoms with van der Waals surface area (Å²) in [4.78, 5) is 13.8. The summed E-state index contributed by atoms with van der Waals surface area (Å²) in [7, 11) is 0. The quantitative estimate of drug-likeness (QED) is 0.452. The predicted octanol–water partition coefficient (Wildman–Crippen LogP) is 3.74. The molecule has 8 nitrogen and oxygen atoms in total. The summed E-state index contributed by atoms with van der Waals surface area (Å²) in [5.41, 5.74) is 2.18. The van der Waals surface area contributed by atoms with E-state index in [-0.39, 0.29) is 29.2 Å². The van der Waals surface area contributed by atoms with Gasteiger partial charge in [-0.25, -0.2) is 18.7 Å². The molecule has 0 amide bonds. The average molecular weight is 476 g/mol. The molecule has 1 fully saturated rings. The number of aliphatic hydroxyl groups is 1. The molecule has 10 heteroatoms. The van der Waals surface area contributed by atoms with Crippen LogP contribution in [0.25, 0.3) is 22.8 Å². The van der Waals surface area contributed by atoms with Crippen molar-refractivity contribution in [2.45, 2.75) is 44.4 Å². The summed E-state index contributed by atoms with van der Waals surface area (Å²) < 4.78 is 28.9. The Morgan fingerprint density at radius 3 is 2.66 bits per heavy atom. The first-order valence-electron chi connectivity index (χ1n) is 11.5. The largest absolute Gasteiger partial charge is 0.396 e. The van der Waals surface area contributed by atoms with Gasteiger partial charge in [0.15, 0.2) is 0 Å². The lowest BCUT2D eigenvalue weighted by Crippen LogP contribution is -2.38. The zero-order valence-electron chi connectivity index (χ0n) is 19.3. The van der Waals surface area contributed by atoms with Gasteiger partial charge in [0.1, 0.15) is 23.2 Å². The minimum Gasteiger partial charge on any atom is -0.396 e. The van der Waals surface area contributed by atoms with Crippen molar-refractivity contribution in [3.05, 3.63) is 71.1 Å². The molecular weight excluding hydrogens is 452 g/mol. The predicted molar refractivity (Wildman–Crippen MR) is 122 cm³/mol. The number of fused-ring (bicyclic) bond motifs is 5. The highest BCUT2D eigenvalue weighted by Crippen LogP contribution is 2.69. The smallest absolute Gasteiger partial charge is 0.201 e. The molecule has 3 heterocycles. The molecule has 2 N–H and O–H groups in total. The molecule has 2 bridgehead atoms. The van der Waals surface area contributed by atoms with Crippen LogP contribution in [0.1, 0.15) is 55.4 Å². The van der Waals surface area contributed by atoms with E-state index in [1.54, 1.807) is 18.5 Å². The van der Waals surface area contributed by atoms with Gasteiger partial charge in [0.05, 0.1) is 40.9 Å². The van der Waals surface area contributed by atoms with Crippen LogP contribution in [0.3, 0.4) is 0 Å². The third kappa shape index (κ3) is 2.99. The van der Waals surface area contributed by atoms with Crippen molar-refractivity contribution in [3.63, 3.8) is 0 Å². The number of nitrogens with one attached hydrogen (secondary N) is 1. The van der Waals surface area contributed by atoms with E-state index in [0.29, 0.717) is 23.8 Å². The van der Waals surface area contributed by atoms with Crippen LogP contribution in [-0.4, -0.2) is 47.1 Å². The van der Waals surface area contributed by atoms with Gasteiger partial charge >= 0.3 is 0 Å². The van der Waals surface area contributed by atoms with Crippen LogP contribution in [0.2, 0.25) is 0 Å².